The third-order valence-electron chi connectivity index (χ3n) is 3.00. The summed E-state index contributed by atoms with van der Waals surface area (Å²) in [7, 11) is 0. The number of nitro groups is 1. The Morgan fingerprint density at radius 2 is 2.00 bits per heavy atom. The molecule has 2 aromatic carbocycles. The maximum atomic E-state index is 10.7. The third-order valence-corrected chi connectivity index (χ3v) is 3.00. The van der Waals surface area contributed by atoms with Gasteiger partial charge in [0.25, 0.3) is 5.69 Å². The molecule has 104 valence electrons. The number of nitro benzene ring substituents is 1. The van der Waals surface area contributed by atoms with Crippen molar-refractivity contribution in [1.82, 2.24) is 5.32 Å². The van der Waals surface area contributed by atoms with Crippen LogP contribution < -0.4 is 5.32 Å². The summed E-state index contributed by atoms with van der Waals surface area (Å²) < 4.78 is 0. The number of benzene rings is 2. The van der Waals surface area contributed by atoms with Gasteiger partial charge in [-0.25, -0.2) is 0 Å². The number of hydrogen-bond donors (Lipinski definition) is 2. The Bertz CT molecular complexity index is 626. The Morgan fingerprint density at radius 3 is 2.75 bits per heavy atom. The summed E-state index contributed by atoms with van der Waals surface area (Å²) in [6, 6.07) is 11.9. The summed E-state index contributed by atoms with van der Waals surface area (Å²) in [5, 5.41) is 23.6. The van der Waals surface area contributed by atoms with Gasteiger partial charge in [-0.1, -0.05) is 29.8 Å². The number of nitrogens with zero attached hydrogens (tertiary/aromatic N) is 1. The summed E-state index contributed by atoms with van der Waals surface area (Å²) in [5.41, 5.74) is 2.82. The van der Waals surface area contributed by atoms with Crippen LogP contribution in [0.1, 0.15) is 16.7 Å². The molecule has 0 aliphatic carbocycles. The lowest BCUT2D eigenvalue weighted by Gasteiger charge is -2.08. The zero-order valence-corrected chi connectivity index (χ0v) is 11.2. The Hall–Kier alpha value is -2.40. The molecule has 0 spiro atoms. The Kier molecular flexibility index (Phi) is 4.32. The average Bonchev–Trinajstić information content (AvgIpc) is 2.43. The van der Waals surface area contributed by atoms with Crippen LogP contribution in [-0.4, -0.2) is 10.0 Å². The van der Waals surface area contributed by atoms with E-state index in [1.165, 1.54) is 6.07 Å². The van der Waals surface area contributed by atoms with Crippen molar-refractivity contribution in [3.05, 3.63) is 69.3 Å². The van der Waals surface area contributed by atoms with Gasteiger partial charge in [0.1, 0.15) is 5.75 Å². The highest BCUT2D eigenvalue weighted by Gasteiger charge is 2.06. The molecule has 2 N–H and O–H groups in total. The van der Waals surface area contributed by atoms with Crippen molar-refractivity contribution < 1.29 is 10.0 Å². The Balaban J connectivity index is 1.97. The van der Waals surface area contributed by atoms with E-state index in [1.807, 2.05) is 25.1 Å². The molecule has 0 unspecified atom stereocenters. The highest BCUT2D eigenvalue weighted by atomic mass is 16.6. The van der Waals surface area contributed by atoms with E-state index in [1.54, 1.807) is 18.2 Å². The van der Waals surface area contributed by atoms with Gasteiger partial charge < -0.3 is 10.4 Å². The van der Waals surface area contributed by atoms with Crippen molar-refractivity contribution in [3.8, 4) is 5.75 Å². The number of aromatic hydroxyl groups is 1. The molecule has 5 heteroatoms. The van der Waals surface area contributed by atoms with Crippen LogP contribution in [0.15, 0.2) is 42.5 Å². The quantitative estimate of drug-likeness (QED) is 0.648. The molecule has 20 heavy (non-hydrogen) atoms. The monoisotopic (exact) mass is 272 g/mol. The first kappa shape index (κ1) is 14.0. The molecule has 2 rings (SSSR count). The lowest BCUT2D eigenvalue weighted by atomic mass is 10.1. The summed E-state index contributed by atoms with van der Waals surface area (Å²) in [6.07, 6.45) is 0. The maximum Gasteiger partial charge on any atom is 0.269 e. The van der Waals surface area contributed by atoms with Crippen molar-refractivity contribution in [1.29, 1.82) is 0 Å². The van der Waals surface area contributed by atoms with Crippen LogP contribution in [0.2, 0.25) is 0 Å². The fourth-order valence-electron chi connectivity index (χ4n) is 1.98. The minimum Gasteiger partial charge on any atom is -0.508 e. The molecule has 0 atom stereocenters. The van der Waals surface area contributed by atoms with Crippen LogP contribution in [-0.2, 0) is 13.1 Å². The van der Waals surface area contributed by atoms with Crippen molar-refractivity contribution in [3.63, 3.8) is 0 Å². The van der Waals surface area contributed by atoms with Crippen molar-refractivity contribution >= 4 is 5.69 Å². The molecule has 2 aromatic rings. The highest BCUT2D eigenvalue weighted by Crippen LogP contribution is 2.18. The lowest BCUT2D eigenvalue weighted by molar-refractivity contribution is -0.384. The van der Waals surface area contributed by atoms with E-state index in [2.05, 4.69) is 5.32 Å². The van der Waals surface area contributed by atoms with Gasteiger partial charge >= 0.3 is 0 Å². The summed E-state index contributed by atoms with van der Waals surface area (Å²) in [4.78, 5) is 10.3. The SMILES string of the molecule is Cc1ccc(O)c(CNCc2cccc([N+](=O)[O-])c2)c1. The molecule has 0 fully saturated rings. The second-order valence-corrected chi connectivity index (χ2v) is 4.66. The summed E-state index contributed by atoms with van der Waals surface area (Å²) in [5.74, 6) is 0.252. The van der Waals surface area contributed by atoms with Crippen molar-refractivity contribution in [2.24, 2.45) is 0 Å². The highest BCUT2D eigenvalue weighted by molar-refractivity contribution is 5.36. The predicted molar refractivity (Wildman–Crippen MR) is 76.5 cm³/mol. The van der Waals surface area contributed by atoms with Gasteiger partial charge in [-0.3, -0.25) is 10.1 Å². The summed E-state index contributed by atoms with van der Waals surface area (Å²) in [6.45, 7) is 2.98. The third kappa shape index (κ3) is 3.55. The first-order valence-electron chi connectivity index (χ1n) is 6.29. The van der Waals surface area contributed by atoms with Gasteiger partial charge in [-0.15, -0.1) is 0 Å². The molecule has 0 aromatic heterocycles. The molecule has 0 aliphatic heterocycles. The van der Waals surface area contributed by atoms with Crippen LogP contribution in [0.5, 0.6) is 5.75 Å². The van der Waals surface area contributed by atoms with Crippen LogP contribution >= 0.6 is 0 Å². The van der Waals surface area contributed by atoms with Crippen molar-refractivity contribution in [2.45, 2.75) is 20.0 Å². The molecule has 0 saturated heterocycles. The topological polar surface area (TPSA) is 75.4 Å². The number of phenolic OH excluding ortho intramolecular Hbond substituents is 1. The number of phenols is 1. The van der Waals surface area contributed by atoms with Crippen molar-refractivity contribution in [2.75, 3.05) is 0 Å². The van der Waals surface area contributed by atoms with Gasteiger partial charge in [-0.05, 0) is 18.6 Å². The zero-order valence-electron chi connectivity index (χ0n) is 11.2. The predicted octanol–water partition coefficient (Wildman–Crippen LogP) is 2.90. The Labute approximate surface area is 117 Å². The lowest BCUT2D eigenvalue weighted by Crippen LogP contribution is -2.13. The second kappa shape index (κ2) is 6.16. The molecule has 5 nitrogen and oxygen atoms in total. The van der Waals surface area contributed by atoms with Gasteiger partial charge in [0.2, 0.25) is 0 Å². The fourth-order valence-corrected chi connectivity index (χ4v) is 1.98. The van der Waals surface area contributed by atoms with E-state index >= 15 is 0 Å². The minimum atomic E-state index is -0.407. The normalized spacial score (nSPS) is 10.4. The smallest absolute Gasteiger partial charge is 0.269 e. The first-order valence-corrected chi connectivity index (χ1v) is 6.29. The number of nitrogens with one attached hydrogen (secondary N) is 1. The van der Waals surface area contributed by atoms with Crippen LogP contribution in [0.25, 0.3) is 0 Å². The first-order chi connectivity index (χ1) is 9.56. The molecule has 0 amide bonds. The van der Waals surface area contributed by atoms with E-state index < -0.39 is 4.92 Å². The maximum absolute atomic E-state index is 10.7. The van der Waals surface area contributed by atoms with Gasteiger partial charge in [0, 0.05) is 30.8 Å². The second-order valence-electron chi connectivity index (χ2n) is 4.66. The average molecular weight is 272 g/mol. The summed E-state index contributed by atoms with van der Waals surface area (Å²) >= 11 is 0. The van der Waals surface area contributed by atoms with E-state index in [0.29, 0.717) is 13.1 Å². The van der Waals surface area contributed by atoms with E-state index in [4.69, 9.17) is 0 Å². The van der Waals surface area contributed by atoms with Crippen LogP contribution in [0.3, 0.4) is 0 Å². The minimum absolute atomic E-state index is 0.0858. The molecule has 0 aliphatic rings. The molecular formula is C15H16N2O3. The molecular weight excluding hydrogens is 256 g/mol. The number of hydrogen-bond acceptors (Lipinski definition) is 4. The van der Waals surface area contributed by atoms with Gasteiger partial charge in [0.05, 0.1) is 4.92 Å². The van der Waals surface area contributed by atoms with Crippen LogP contribution in [0, 0.1) is 17.0 Å². The van der Waals surface area contributed by atoms with Gasteiger partial charge in [-0.2, -0.15) is 0 Å². The number of rotatable bonds is 5. The van der Waals surface area contributed by atoms with Crippen LogP contribution in [0.4, 0.5) is 5.69 Å². The number of aryl methyl sites for hydroxylation is 1. The van der Waals surface area contributed by atoms with E-state index in [0.717, 1.165) is 16.7 Å². The molecule has 0 bridgehead atoms. The molecule has 0 radical (unpaired) electrons. The fraction of sp³-hybridized carbons (Fsp3) is 0.200. The zero-order chi connectivity index (χ0) is 14.5. The molecule has 0 heterocycles. The standard InChI is InChI=1S/C15H16N2O3/c1-11-5-6-15(18)13(7-11)10-16-9-12-3-2-4-14(8-12)17(19)20/h2-8,16,18H,9-10H2,1H3. The Morgan fingerprint density at radius 1 is 1.20 bits per heavy atom. The van der Waals surface area contributed by atoms with Gasteiger partial charge in [0.15, 0.2) is 0 Å². The number of non-ortho nitro benzene ring substituents is 1. The van der Waals surface area contributed by atoms with E-state index in [-0.39, 0.29) is 11.4 Å². The van der Waals surface area contributed by atoms with E-state index in [9.17, 15) is 15.2 Å². The molecule has 0 saturated carbocycles. The largest absolute Gasteiger partial charge is 0.508 e.